The molecule has 8 heteroatoms. The molecule has 3 rings (SSSR count). The Morgan fingerprint density at radius 1 is 1.50 bits per heavy atom. The predicted molar refractivity (Wildman–Crippen MR) is 92.3 cm³/mol. The van der Waals surface area contributed by atoms with Crippen molar-refractivity contribution >= 4 is 23.3 Å². The van der Waals surface area contributed by atoms with Crippen LogP contribution >= 0.6 is 11.5 Å². The van der Waals surface area contributed by atoms with Gasteiger partial charge in [-0.1, -0.05) is 17.5 Å². The smallest absolute Gasteiger partial charge is 0.267 e. The standard InChI is InChI=1S/C16H21N5O2S/c1-3-12-14(24-19-18-12)15(22)20(2)10-16(23)7-9-21(11-16)13-6-4-5-8-17-13/h4-6,8,23H,3,7,9-11H2,1-2H3/t16-/m1/s1. The van der Waals surface area contributed by atoms with Crippen LogP contribution in [0.3, 0.4) is 0 Å². The number of carbonyl (C=O) groups is 1. The Morgan fingerprint density at radius 3 is 3.04 bits per heavy atom. The lowest BCUT2D eigenvalue weighted by molar-refractivity contribution is 0.0266. The van der Waals surface area contributed by atoms with Gasteiger partial charge in [-0.3, -0.25) is 4.79 Å². The maximum atomic E-state index is 12.6. The first kappa shape index (κ1) is 16.8. The Labute approximate surface area is 145 Å². The molecule has 2 aromatic heterocycles. The Balaban J connectivity index is 1.66. The maximum absolute atomic E-state index is 12.6. The Kier molecular flexibility index (Phi) is 4.77. The van der Waals surface area contributed by atoms with Crippen LogP contribution in [-0.2, 0) is 6.42 Å². The number of carbonyl (C=O) groups excluding carboxylic acids is 1. The van der Waals surface area contributed by atoms with Crippen LogP contribution in [0.2, 0.25) is 0 Å². The van der Waals surface area contributed by atoms with Gasteiger partial charge in [-0.2, -0.15) is 0 Å². The van der Waals surface area contributed by atoms with E-state index in [1.807, 2.05) is 30.0 Å². The lowest BCUT2D eigenvalue weighted by atomic mass is 10.0. The van der Waals surface area contributed by atoms with Gasteiger partial charge in [0.1, 0.15) is 16.3 Å². The van der Waals surface area contributed by atoms with E-state index in [2.05, 4.69) is 14.6 Å². The molecule has 0 bridgehead atoms. The highest BCUT2D eigenvalue weighted by atomic mass is 32.1. The Hall–Kier alpha value is -2.06. The van der Waals surface area contributed by atoms with Gasteiger partial charge < -0.3 is 14.9 Å². The third kappa shape index (κ3) is 3.39. The molecule has 0 aromatic carbocycles. The van der Waals surface area contributed by atoms with Crippen molar-refractivity contribution in [2.45, 2.75) is 25.4 Å². The molecule has 1 N–H and O–H groups in total. The zero-order valence-electron chi connectivity index (χ0n) is 13.8. The lowest BCUT2D eigenvalue weighted by Crippen LogP contribution is -2.45. The molecule has 0 aliphatic carbocycles. The number of pyridine rings is 1. The normalized spacial score (nSPS) is 20.4. The number of aryl methyl sites for hydroxylation is 1. The summed E-state index contributed by atoms with van der Waals surface area (Å²) in [4.78, 5) is 21.1. The summed E-state index contributed by atoms with van der Waals surface area (Å²) >= 11 is 1.11. The lowest BCUT2D eigenvalue weighted by Gasteiger charge is -2.29. The monoisotopic (exact) mass is 347 g/mol. The molecule has 7 nitrogen and oxygen atoms in total. The van der Waals surface area contributed by atoms with E-state index in [4.69, 9.17) is 0 Å². The van der Waals surface area contributed by atoms with E-state index >= 15 is 0 Å². The van der Waals surface area contributed by atoms with Crippen LogP contribution in [-0.4, -0.2) is 62.8 Å². The number of hydrogen-bond acceptors (Lipinski definition) is 7. The number of aromatic nitrogens is 3. The third-order valence-electron chi connectivity index (χ3n) is 4.27. The zero-order valence-corrected chi connectivity index (χ0v) is 14.7. The van der Waals surface area contributed by atoms with Crippen LogP contribution in [0.25, 0.3) is 0 Å². The summed E-state index contributed by atoms with van der Waals surface area (Å²) in [5.74, 6) is 0.717. The topological polar surface area (TPSA) is 82.5 Å². The van der Waals surface area contributed by atoms with Crippen molar-refractivity contribution < 1.29 is 9.90 Å². The van der Waals surface area contributed by atoms with Gasteiger partial charge in [-0.25, -0.2) is 4.98 Å². The summed E-state index contributed by atoms with van der Waals surface area (Å²) < 4.78 is 3.86. The van der Waals surface area contributed by atoms with Gasteiger partial charge >= 0.3 is 0 Å². The second-order valence-electron chi connectivity index (χ2n) is 6.15. The van der Waals surface area contributed by atoms with Crippen LogP contribution in [0.5, 0.6) is 0 Å². The van der Waals surface area contributed by atoms with Crippen molar-refractivity contribution in [2.75, 3.05) is 31.6 Å². The van der Waals surface area contributed by atoms with E-state index in [1.54, 1.807) is 18.1 Å². The van der Waals surface area contributed by atoms with Gasteiger partial charge in [0.25, 0.3) is 5.91 Å². The van der Waals surface area contributed by atoms with Gasteiger partial charge in [-0.15, -0.1) is 5.10 Å². The van der Waals surface area contributed by atoms with E-state index in [0.717, 1.165) is 23.9 Å². The third-order valence-corrected chi connectivity index (χ3v) is 5.02. The van der Waals surface area contributed by atoms with Gasteiger partial charge in [0.15, 0.2) is 0 Å². The molecule has 1 amide bonds. The largest absolute Gasteiger partial charge is 0.386 e. The fraction of sp³-hybridized carbons (Fsp3) is 0.500. The van der Waals surface area contributed by atoms with Gasteiger partial charge in [0, 0.05) is 26.3 Å². The molecule has 1 saturated heterocycles. The fourth-order valence-electron chi connectivity index (χ4n) is 3.01. The minimum Gasteiger partial charge on any atom is -0.386 e. The van der Waals surface area contributed by atoms with Gasteiger partial charge in [0.05, 0.1) is 12.2 Å². The summed E-state index contributed by atoms with van der Waals surface area (Å²) in [5, 5.41) is 14.9. The first-order valence-corrected chi connectivity index (χ1v) is 8.75. The molecule has 3 heterocycles. The number of rotatable bonds is 5. The average molecular weight is 347 g/mol. The van der Waals surface area contributed by atoms with E-state index in [-0.39, 0.29) is 12.5 Å². The molecule has 1 aliphatic heterocycles. The first-order chi connectivity index (χ1) is 11.5. The summed E-state index contributed by atoms with van der Waals surface area (Å²) in [6.45, 7) is 3.40. The zero-order chi connectivity index (χ0) is 17.2. The van der Waals surface area contributed by atoms with Crippen molar-refractivity contribution in [2.24, 2.45) is 0 Å². The summed E-state index contributed by atoms with van der Waals surface area (Å²) in [7, 11) is 1.71. The minimum atomic E-state index is -0.938. The molecule has 0 spiro atoms. The molecule has 1 fully saturated rings. The number of nitrogens with zero attached hydrogens (tertiary/aromatic N) is 5. The van der Waals surface area contributed by atoms with Crippen LogP contribution < -0.4 is 4.90 Å². The molecule has 1 atom stereocenters. The summed E-state index contributed by atoms with van der Waals surface area (Å²) in [6, 6.07) is 5.72. The van der Waals surface area contributed by atoms with Gasteiger partial charge in [-0.05, 0) is 36.5 Å². The van der Waals surface area contributed by atoms with E-state index in [0.29, 0.717) is 30.0 Å². The molecule has 0 radical (unpaired) electrons. The SMILES string of the molecule is CCc1nnsc1C(=O)N(C)C[C@]1(O)CCN(c2ccccn2)C1. The minimum absolute atomic E-state index is 0.133. The molecule has 24 heavy (non-hydrogen) atoms. The second-order valence-corrected chi connectivity index (χ2v) is 6.90. The second kappa shape index (κ2) is 6.82. The highest BCUT2D eigenvalue weighted by Gasteiger charge is 2.39. The highest BCUT2D eigenvalue weighted by Crippen LogP contribution is 2.26. The molecule has 128 valence electrons. The van der Waals surface area contributed by atoms with Crippen molar-refractivity contribution in [3.8, 4) is 0 Å². The van der Waals surface area contributed by atoms with Crippen LogP contribution in [0.4, 0.5) is 5.82 Å². The molecular formula is C16H21N5O2S. The predicted octanol–water partition coefficient (Wildman–Crippen LogP) is 1.21. The summed E-state index contributed by atoms with van der Waals surface area (Å²) in [6.07, 6.45) is 3.01. The molecule has 0 saturated carbocycles. The van der Waals surface area contributed by atoms with E-state index in [1.165, 1.54) is 0 Å². The fourth-order valence-corrected chi connectivity index (χ4v) is 3.76. The Morgan fingerprint density at radius 2 is 2.33 bits per heavy atom. The number of likely N-dealkylation sites (N-methyl/N-ethyl adjacent to an activating group) is 1. The first-order valence-electron chi connectivity index (χ1n) is 7.97. The van der Waals surface area contributed by atoms with Crippen molar-refractivity contribution in [1.82, 2.24) is 19.5 Å². The number of aliphatic hydroxyl groups is 1. The molecule has 2 aromatic rings. The average Bonchev–Trinajstić information content (AvgIpc) is 3.21. The van der Waals surface area contributed by atoms with Crippen molar-refractivity contribution in [3.63, 3.8) is 0 Å². The van der Waals surface area contributed by atoms with Crippen LogP contribution in [0.1, 0.15) is 28.7 Å². The maximum Gasteiger partial charge on any atom is 0.267 e. The Bertz CT molecular complexity index is 708. The quantitative estimate of drug-likeness (QED) is 0.875. The molecular weight excluding hydrogens is 326 g/mol. The van der Waals surface area contributed by atoms with Gasteiger partial charge in [0.2, 0.25) is 0 Å². The van der Waals surface area contributed by atoms with Crippen LogP contribution in [0, 0.1) is 0 Å². The molecule has 0 unspecified atom stereocenters. The van der Waals surface area contributed by atoms with E-state index < -0.39 is 5.60 Å². The van der Waals surface area contributed by atoms with Crippen molar-refractivity contribution in [3.05, 3.63) is 35.0 Å². The van der Waals surface area contributed by atoms with Crippen LogP contribution in [0.15, 0.2) is 24.4 Å². The number of amides is 1. The highest BCUT2D eigenvalue weighted by molar-refractivity contribution is 7.07. The number of anilines is 1. The number of hydrogen-bond donors (Lipinski definition) is 1. The van der Waals surface area contributed by atoms with E-state index in [9.17, 15) is 9.90 Å². The van der Waals surface area contributed by atoms with Crippen molar-refractivity contribution in [1.29, 1.82) is 0 Å². The summed E-state index contributed by atoms with van der Waals surface area (Å²) in [5.41, 5.74) is -0.225. The number of β-amino-alcohol motifs (C(OH)–C–C–N with tert-alkyl or cyclic N) is 1. The molecule has 1 aliphatic rings.